The lowest BCUT2D eigenvalue weighted by Gasteiger charge is -2.22. The molecule has 0 radical (unpaired) electrons. The molecule has 1 amide bonds. The summed E-state index contributed by atoms with van der Waals surface area (Å²) in [6.07, 6.45) is 2.81. The Kier molecular flexibility index (Phi) is 4.99. The molecule has 27 heavy (non-hydrogen) atoms. The van der Waals surface area contributed by atoms with E-state index in [0.717, 1.165) is 24.5 Å². The van der Waals surface area contributed by atoms with Crippen molar-refractivity contribution < 1.29 is 13.2 Å². The van der Waals surface area contributed by atoms with E-state index in [9.17, 15) is 13.2 Å². The molecular formula is C19H24N4O3S. The number of amides is 1. The van der Waals surface area contributed by atoms with Gasteiger partial charge in [0, 0.05) is 25.9 Å². The fourth-order valence-electron chi connectivity index (χ4n) is 3.83. The highest BCUT2D eigenvalue weighted by Crippen LogP contribution is 2.21. The molecule has 0 spiro atoms. The Labute approximate surface area is 159 Å². The fourth-order valence-corrected chi connectivity index (χ4v) is 5.56. The van der Waals surface area contributed by atoms with Gasteiger partial charge in [0.1, 0.15) is 5.82 Å². The van der Waals surface area contributed by atoms with E-state index in [-0.39, 0.29) is 23.3 Å². The highest BCUT2D eigenvalue weighted by molar-refractivity contribution is 7.91. The first kappa shape index (κ1) is 18.2. The number of carbonyl (C=O) groups excluding carboxylic acids is 1. The molecule has 4 rings (SSSR count). The van der Waals surface area contributed by atoms with Crippen molar-refractivity contribution >= 4 is 15.7 Å². The molecule has 2 aromatic rings. The molecule has 1 fully saturated rings. The van der Waals surface area contributed by atoms with Crippen LogP contribution >= 0.6 is 0 Å². The second kappa shape index (κ2) is 7.42. The maximum absolute atomic E-state index is 12.7. The Hall–Kier alpha value is -2.22. The van der Waals surface area contributed by atoms with E-state index in [0.29, 0.717) is 32.5 Å². The maximum Gasteiger partial charge on any atom is 0.226 e. The van der Waals surface area contributed by atoms with E-state index in [2.05, 4.69) is 22.2 Å². The molecule has 2 aliphatic heterocycles. The summed E-state index contributed by atoms with van der Waals surface area (Å²) in [5.74, 6) is 1.46. The zero-order chi connectivity index (χ0) is 18.9. The van der Waals surface area contributed by atoms with Crippen LogP contribution in [0.2, 0.25) is 0 Å². The van der Waals surface area contributed by atoms with Gasteiger partial charge < -0.3 is 4.90 Å². The Bertz CT molecular complexity index is 898. The zero-order valence-corrected chi connectivity index (χ0v) is 16.1. The molecule has 1 unspecified atom stereocenters. The number of fused-ring (bicyclic) bond motifs is 1. The van der Waals surface area contributed by atoms with Crippen molar-refractivity contribution in [2.45, 2.75) is 32.2 Å². The largest absolute Gasteiger partial charge is 0.340 e. The van der Waals surface area contributed by atoms with Gasteiger partial charge in [0.15, 0.2) is 15.7 Å². The minimum absolute atomic E-state index is 0.00518. The summed E-state index contributed by atoms with van der Waals surface area (Å²) >= 11 is 0. The normalized spacial score (nSPS) is 21.6. The van der Waals surface area contributed by atoms with Gasteiger partial charge in [-0.3, -0.25) is 4.79 Å². The lowest BCUT2D eigenvalue weighted by Crippen LogP contribution is -2.38. The van der Waals surface area contributed by atoms with Crippen LogP contribution in [0, 0.1) is 5.92 Å². The van der Waals surface area contributed by atoms with Crippen LogP contribution in [-0.4, -0.2) is 58.6 Å². The van der Waals surface area contributed by atoms with Crippen molar-refractivity contribution in [2.24, 2.45) is 5.92 Å². The van der Waals surface area contributed by atoms with Crippen LogP contribution in [-0.2, 0) is 40.4 Å². The molecular weight excluding hydrogens is 364 g/mol. The van der Waals surface area contributed by atoms with Gasteiger partial charge in [0.25, 0.3) is 0 Å². The lowest BCUT2D eigenvalue weighted by atomic mass is 10.1. The first-order valence-corrected chi connectivity index (χ1v) is 11.3. The molecule has 0 aliphatic carbocycles. The third-order valence-electron chi connectivity index (χ3n) is 5.35. The molecule has 2 aliphatic rings. The van der Waals surface area contributed by atoms with Gasteiger partial charge in [0.05, 0.1) is 24.0 Å². The molecule has 3 heterocycles. The van der Waals surface area contributed by atoms with Gasteiger partial charge in [-0.05, 0) is 18.4 Å². The van der Waals surface area contributed by atoms with Gasteiger partial charge in [0.2, 0.25) is 5.91 Å². The Morgan fingerprint density at radius 1 is 1.11 bits per heavy atom. The minimum atomic E-state index is -3.04. The summed E-state index contributed by atoms with van der Waals surface area (Å²) in [5, 5.41) is 4.61. The highest BCUT2D eigenvalue weighted by atomic mass is 32.2. The average Bonchev–Trinajstić information content (AvgIpc) is 3.17. The summed E-state index contributed by atoms with van der Waals surface area (Å²) in [5.41, 5.74) is 1.27. The molecule has 1 aromatic heterocycles. The predicted octanol–water partition coefficient (Wildman–Crippen LogP) is 0.883. The smallest absolute Gasteiger partial charge is 0.226 e. The number of sulfone groups is 1. The molecule has 1 saturated heterocycles. The summed E-state index contributed by atoms with van der Waals surface area (Å²) in [7, 11) is -3.04. The van der Waals surface area contributed by atoms with Crippen LogP contribution in [0.5, 0.6) is 0 Å². The van der Waals surface area contributed by atoms with Gasteiger partial charge in [-0.25, -0.2) is 18.1 Å². The number of rotatable bonds is 4. The maximum atomic E-state index is 12.7. The van der Waals surface area contributed by atoms with Gasteiger partial charge in [-0.1, -0.05) is 30.3 Å². The van der Waals surface area contributed by atoms with Crippen molar-refractivity contribution in [1.29, 1.82) is 0 Å². The number of carbonyl (C=O) groups is 1. The molecule has 7 nitrogen and oxygen atoms in total. The standard InChI is InChI=1S/C19H24N4O3S/c24-19(16-9-13-27(25,26)14-16)22-10-8-18-20-17(21-23(18)12-11-22)7-6-15-4-2-1-3-5-15/h1-5,16H,6-14H2. The van der Waals surface area contributed by atoms with E-state index in [1.807, 2.05) is 22.9 Å². The van der Waals surface area contributed by atoms with Crippen LogP contribution in [0.4, 0.5) is 0 Å². The zero-order valence-electron chi connectivity index (χ0n) is 15.2. The van der Waals surface area contributed by atoms with Crippen LogP contribution in [0.15, 0.2) is 30.3 Å². The highest BCUT2D eigenvalue weighted by Gasteiger charge is 2.35. The van der Waals surface area contributed by atoms with E-state index in [4.69, 9.17) is 0 Å². The van der Waals surface area contributed by atoms with Crippen LogP contribution in [0.3, 0.4) is 0 Å². The Balaban J connectivity index is 1.35. The number of aryl methyl sites for hydroxylation is 2. The second-order valence-corrected chi connectivity index (χ2v) is 9.56. The van der Waals surface area contributed by atoms with E-state index >= 15 is 0 Å². The summed E-state index contributed by atoms with van der Waals surface area (Å²) < 4.78 is 25.2. The van der Waals surface area contributed by atoms with Gasteiger partial charge in [-0.2, -0.15) is 5.10 Å². The van der Waals surface area contributed by atoms with Crippen LogP contribution in [0.1, 0.15) is 23.6 Å². The van der Waals surface area contributed by atoms with E-state index in [1.165, 1.54) is 5.56 Å². The van der Waals surface area contributed by atoms with Crippen molar-refractivity contribution in [2.75, 3.05) is 24.6 Å². The minimum Gasteiger partial charge on any atom is -0.340 e. The molecule has 144 valence electrons. The number of aromatic nitrogens is 3. The lowest BCUT2D eigenvalue weighted by molar-refractivity contribution is -0.134. The molecule has 1 atom stereocenters. The third-order valence-corrected chi connectivity index (χ3v) is 7.12. The first-order chi connectivity index (χ1) is 13.0. The Morgan fingerprint density at radius 2 is 1.93 bits per heavy atom. The van der Waals surface area contributed by atoms with E-state index in [1.54, 1.807) is 4.90 Å². The number of hydrogen-bond donors (Lipinski definition) is 0. The van der Waals surface area contributed by atoms with Gasteiger partial charge in [-0.15, -0.1) is 0 Å². The summed E-state index contributed by atoms with van der Waals surface area (Å²) in [4.78, 5) is 19.1. The Morgan fingerprint density at radius 3 is 2.67 bits per heavy atom. The number of hydrogen-bond acceptors (Lipinski definition) is 5. The quantitative estimate of drug-likeness (QED) is 0.776. The first-order valence-electron chi connectivity index (χ1n) is 9.46. The van der Waals surface area contributed by atoms with Crippen molar-refractivity contribution in [3.05, 3.63) is 47.5 Å². The molecule has 0 N–H and O–H groups in total. The number of benzene rings is 1. The average molecular weight is 388 g/mol. The third kappa shape index (κ3) is 4.21. The predicted molar refractivity (Wildman–Crippen MR) is 101 cm³/mol. The fraction of sp³-hybridized carbons (Fsp3) is 0.526. The molecule has 8 heteroatoms. The van der Waals surface area contributed by atoms with Crippen LogP contribution in [0.25, 0.3) is 0 Å². The molecule has 1 aromatic carbocycles. The monoisotopic (exact) mass is 388 g/mol. The summed E-state index contributed by atoms with van der Waals surface area (Å²) in [6, 6.07) is 10.3. The van der Waals surface area contributed by atoms with Crippen molar-refractivity contribution in [1.82, 2.24) is 19.7 Å². The molecule has 0 bridgehead atoms. The van der Waals surface area contributed by atoms with Crippen molar-refractivity contribution in [3.63, 3.8) is 0 Å². The van der Waals surface area contributed by atoms with Crippen molar-refractivity contribution in [3.8, 4) is 0 Å². The second-order valence-electron chi connectivity index (χ2n) is 7.33. The van der Waals surface area contributed by atoms with Crippen LogP contribution < -0.4 is 0 Å². The van der Waals surface area contributed by atoms with Gasteiger partial charge >= 0.3 is 0 Å². The number of nitrogens with zero attached hydrogens (tertiary/aromatic N) is 4. The van der Waals surface area contributed by atoms with E-state index < -0.39 is 9.84 Å². The summed E-state index contributed by atoms with van der Waals surface area (Å²) in [6.45, 7) is 1.74. The topological polar surface area (TPSA) is 85.2 Å². The SMILES string of the molecule is O=C(C1CCS(=O)(=O)C1)N1CCc2nc(CCc3ccccc3)nn2CC1. The molecule has 0 saturated carbocycles.